The summed E-state index contributed by atoms with van der Waals surface area (Å²) in [5, 5.41) is 9.21. The Balaban J connectivity index is 2.47. The minimum atomic E-state index is -1.44. The number of nitrogens with two attached hydrogens (primary N) is 1. The number of carboxylic acids is 1. The molecule has 1 aliphatic heterocycles. The van der Waals surface area contributed by atoms with Crippen LogP contribution >= 0.6 is 11.6 Å². The fourth-order valence-corrected chi connectivity index (χ4v) is 2.13. The van der Waals surface area contributed by atoms with Gasteiger partial charge in [-0.2, -0.15) is 0 Å². The third-order valence-electron chi connectivity index (χ3n) is 2.81. The molecule has 1 atom stereocenters. The van der Waals surface area contributed by atoms with E-state index in [1.54, 1.807) is 0 Å². The van der Waals surface area contributed by atoms with Gasteiger partial charge >= 0.3 is 5.97 Å². The van der Waals surface area contributed by atoms with Crippen LogP contribution in [-0.4, -0.2) is 23.2 Å². The summed E-state index contributed by atoms with van der Waals surface area (Å²) in [5.41, 5.74) is 4.72. The summed E-state index contributed by atoms with van der Waals surface area (Å²) >= 11 is 5.84. The molecule has 17 heavy (non-hydrogen) atoms. The maximum absolute atomic E-state index is 13.2. The molecule has 0 aliphatic carbocycles. The van der Waals surface area contributed by atoms with Crippen molar-refractivity contribution in [1.82, 2.24) is 0 Å². The first-order valence-corrected chi connectivity index (χ1v) is 5.43. The van der Waals surface area contributed by atoms with Gasteiger partial charge < -0.3 is 15.6 Å². The number of fused-ring (bicyclic) bond motifs is 1. The molecule has 0 saturated carbocycles. The van der Waals surface area contributed by atoms with Crippen LogP contribution in [-0.2, 0) is 11.2 Å². The Morgan fingerprint density at radius 3 is 2.94 bits per heavy atom. The van der Waals surface area contributed by atoms with Crippen LogP contribution in [0.1, 0.15) is 12.0 Å². The van der Waals surface area contributed by atoms with Gasteiger partial charge in [0.15, 0.2) is 0 Å². The second kappa shape index (κ2) is 4.16. The zero-order valence-corrected chi connectivity index (χ0v) is 9.63. The molecule has 1 unspecified atom stereocenters. The molecule has 0 spiro atoms. The van der Waals surface area contributed by atoms with Crippen molar-refractivity contribution in [2.45, 2.75) is 18.4 Å². The first kappa shape index (κ1) is 12.1. The third-order valence-corrected chi connectivity index (χ3v) is 3.09. The van der Waals surface area contributed by atoms with Crippen molar-refractivity contribution < 1.29 is 19.0 Å². The van der Waals surface area contributed by atoms with Gasteiger partial charge in [0.1, 0.15) is 17.1 Å². The van der Waals surface area contributed by atoms with Crippen LogP contribution in [0.5, 0.6) is 5.75 Å². The normalized spacial score (nSPS) is 23.5. The van der Waals surface area contributed by atoms with Gasteiger partial charge in [-0.05, 0) is 12.1 Å². The van der Waals surface area contributed by atoms with E-state index in [2.05, 4.69) is 0 Å². The number of ether oxygens (including phenoxy) is 1. The van der Waals surface area contributed by atoms with E-state index in [0.717, 1.165) is 6.07 Å². The molecule has 2 rings (SSSR count). The number of carboxylic acid groups (broad SMARTS) is 1. The number of rotatable bonds is 1. The van der Waals surface area contributed by atoms with Crippen molar-refractivity contribution in [3.63, 3.8) is 0 Å². The molecular formula is C11H11ClFNO3. The second-order valence-electron chi connectivity index (χ2n) is 4.11. The van der Waals surface area contributed by atoms with Crippen LogP contribution in [0.2, 0.25) is 5.02 Å². The molecular weight excluding hydrogens is 249 g/mol. The Bertz CT molecular complexity index is 480. The van der Waals surface area contributed by atoms with Crippen LogP contribution < -0.4 is 10.5 Å². The standard InChI is InChI=1S/C11H11ClFNO3/c12-8-4-7(13)3-6-5-11(14,10(15)16)1-2-17-9(6)8/h3-4H,1-2,5,14H2,(H,15,16). The van der Waals surface area contributed by atoms with Crippen LogP contribution in [0.15, 0.2) is 12.1 Å². The zero-order chi connectivity index (χ0) is 12.6. The molecule has 1 aromatic carbocycles. The molecule has 4 nitrogen and oxygen atoms in total. The number of halogens is 2. The van der Waals surface area contributed by atoms with E-state index in [9.17, 15) is 9.18 Å². The van der Waals surface area contributed by atoms with Gasteiger partial charge in [-0.1, -0.05) is 11.6 Å². The zero-order valence-electron chi connectivity index (χ0n) is 8.87. The van der Waals surface area contributed by atoms with E-state index in [-0.39, 0.29) is 24.5 Å². The molecule has 0 bridgehead atoms. The summed E-state index contributed by atoms with van der Waals surface area (Å²) in [6.45, 7) is 0.140. The Morgan fingerprint density at radius 1 is 1.59 bits per heavy atom. The number of carbonyl (C=O) groups is 1. The number of benzene rings is 1. The van der Waals surface area contributed by atoms with Crippen molar-refractivity contribution in [3.05, 3.63) is 28.5 Å². The number of aliphatic carboxylic acids is 1. The number of hydrogen-bond donors (Lipinski definition) is 2. The van der Waals surface area contributed by atoms with Crippen molar-refractivity contribution in [2.75, 3.05) is 6.61 Å². The Labute approximate surface area is 102 Å². The largest absolute Gasteiger partial charge is 0.492 e. The molecule has 0 amide bonds. The van der Waals surface area contributed by atoms with E-state index in [1.165, 1.54) is 6.07 Å². The van der Waals surface area contributed by atoms with Crippen molar-refractivity contribution in [1.29, 1.82) is 0 Å². The lowest BCUT2D eigenvalue weighted by molar-refractivity contribution is -0.143. The third kappa shape index (κ3) is 2.21. The molecule has 0 aromatic heterocycles. The Kier molecular flexibility index (Phi) is 2.97. The highest BCUT2D eigenvalue weighted by atomic mass is 35.5. The van der Waals surface area contributed by atoms with E-state index < -0.39 is 17.3 Å². The van der Waals surface area contributed by atoms with Crippen LogP contribution in [0.3, 0.4) is 0 Å². The number of hydrogen-bond acceptors (Lipinski definition) is 3. The van der Waals surface area contributed by atoms with Gasteiger partial charge in [0.2, 0.25) is 0 Å². The summed E-state index contributed by atoms with van der Waals surface area (Å²) in [7, 11) is 0. The van der Waals surface area contributed by atoms with Gasteiger partial charge in [-0.25, -0.2) is 4.39 Å². The Morgan fingerprint density at radius 2 is 2.29 bits per heavy atom. The minimum absolute atomic E-state index is 0.00481. The summed E-state index contributed by atoms with van der Waals surface area (Å²) in [6.07, 6.45) is 0.143. The first-order chi connectivity index (χ1) is 7.92. The average molecular weight is 260 g/mol. The van der Waals surface area contributed by atoms with Gasteiger partial charge in [0.25, 0.3) is 0 Å². The fourth-order valence-electron chi connectivity index (χ4n) is 1.85. The predicted molar refractivity (Wildman–Crippen MR) is 59.8 cm³/mol. The van der Waals surface area contributed by atoms with Crippen LogP contribution in [0.4, 0.5) is 4.39 Å². The van der Waals surface area contributed by atoms with Crippen LogP contribution in [0.25, 0.3) is 0 Å². The van der Waals surface area contributed by atoms with Crippen molar-refractivity contribution in [3.8, 4) is 5.75 Å². The summed E-state index contributed by atoms with van der Waals surface area (Å²) in [5.74, 6) is -1.34. The highest BCUT2D eigenvalue weighted by Crippen LogP contribution is 2.35. The second-order valence-corrected chi connectivity index (χ2v) is 4.52. The SMILES string of the molecule is NC1(C(=O)O)CCOc2c(Cl)cc(F)cc2C1. The maximum Gasteiger partial charge on any atom is 0.324 e. The smallest absolute Gasteiger partial charge is 0.324 e. The topological polar surface area (TPSA) is 72.6 Å². The highest BCUT2D eigenvalue weighted by Gasteiger charge is 2.37. The first-order valence-electron chi connectivity index (χ1n) is 5.05. The van der Waals surface area contributed by atoms with Crippen molar-refractivity contribution >= 4 is 17.6 Å². The fraction of sp³-hybridized carbons (Fsp3) is 0.364. The summed E-state index contributed by atoms with van der Waals surface area (Å²) < 4.78 is 18.6. The quantitative estimate of drug-likeness (QED) is 0.803. The summed E-state index contributed by atoms with van der Waals surface area (Å²) in [6, 6.07) is 2.34. The summed E-state index contributed by atoms with van der Waals surface area (Å²) in [4.78, 5) is 11.1. The van der Waals surface area contributed by atoms with Gasteiger partial charge in [-0.15, -0.1) is 0 Å². The molecule has 0 radical (unpaired) electrons. The van der Waals surface area contributed by atoms with E-state index >= 15 is 0 Å². The average Bonchev–Trinajstić information content (AvgIpc) is 2.37. The molecule has 1 aliphatic rings. The lowest BCUT2D eigenvalue weighted by Crippen LogP contribution is -2.50. The monoisotopic (exact) mass is 259 g/mol. The maximum atomic E-state index is 13.2. The van der Waals surface area contributed by atoms with Gasteiger partial charge in [0.05, 0.1) is 11.6 Å². The van der Waals surface area contributed by atoms with Crippen LogP contribution in [0, 0.1) is 5.82 Å². The van der Waals surface area contributed by atoms with E-state index in [0.29, 0.717) is 11.3 Å². The molecule has 1 heterocycles. The van der Waals surface area contributed by atoms with Crippen molar-refractivity contribution in [2.24, 2.45) is 5.73 Å². The molecule has 0 saturated heterocycles. The van der Waals surface area contributed by atoms with E-state index in [1.807, 2.05) is 0 Å². The van der Waals surface area contributed by atoms with E-state index in [4.69, 9.17) is 27.2 Å². The van der Waals surface area contributed by atoms with Gasteiger partial charge in [-0.3, -0.25) is 4.79 Å². The van der Waals surface area contributed by atoms with Gasteiger partial charge in [0, 0.05) is 18.4 Å². The molecule has 6 heteroatoms. The predicted octanol–water partition coefficient (Wildman–Crippen LogP) is 1.59. The lowest BCUT2D eigenvalue weighted by Gasteiger charge is -2.21. The molecule has 1 aromatic rings. The molecule has 92 valence electrons. The molecule has 0 fully saturated rings. The lowest BCUT2D eigenvalue weighted by atomic mass is 9.89. The molecule has 3 N–H and O–H groups in total. The highest BCUT2D eigenvalue weighted by molar-refractivity contribution is 6.32. The minimum Gasteiger partial charge on any atom is -0.492 e. The Hall–Kier alpha value is -1.33.